The molecule has 0 amide bonds. The zero-order chi connectivity index (χ0) is 14.3. The van der Waals surface area contributed by atoms with Gasteiger partial charge in [-0.15, -0.1) is 0 Å². The SMILES string of the molecule is CC1CNCc2c(-c3c(F)cccc3F)ccc(F)c21. The molecule has 1 unspecified atom stereocenters. The Kier molecular flexibility index (Phi) is 3.26. The van der Waals surface area contributed by atoms with Gasteiger partial charge >= 0.3 is 0 Å². The average molecular weight is 277 g/mol. The second-order valence-electron chi connectivity index (χ2n) is 5.12. The van der Waals surface area contributed by atoms with E-state index in [0.717, 1.165) is 0 Å². The molecular formula is C16H14F3N. The lowest BCUT2D eigenvalue weighted by molar-refractivity contribution is 0.522. The summed E-state index contributed by atoms with van der Waals surface area (Å²) >= 11 is 0. The molecule has 1 heterocycles. The summed E-state index contributed by atoms with van der Waals surface area (Å²) in [5.74, 6) is -1.59. The Hall–Kier alpha value is -1.81. The summed E-state index contributed by atoms with van der Waals surface area (Å²) < 4.78 is 41.9. The van der Waals surface area contributed by atoms with Crippen LogP contribution in [0.15, 0.2) is 30.3 Å². The van der Waals surface area contributed by atoms with Crippen molar-refractivity contribution in [3.63, 3.8) is 0 Å². The number of rotatable bonds is 1. The Morgan fingerprint density at radius 3 is 2.40 bits per heavy atom. The molecule has 1 N–H and O–H groups in total. The van der Waals surface area contributed by atoms with E-state index in [4.69, 9.17) is 0 Å². The molecule has 104 valence electrons. The Morgan fingerprint density at radius 2 is 1.70 bits per heavy atom. The summed E-state index contributed by atoms with van der Waals surface area (Å²) in [7, 11) is 0. The maximum Gasteiger partial charge on any atom is 0.133 e. The quantitative estimate of drug-likeness (QED) is 0.831. The maximum absolute atomic E-state index is 14.0. The topological polar surface area (TPSA) is 12.0 Å². The molecule has 1 nitrogen and oxygen atoms in total. The molecule has 0 saturated heterocycles. The van der Waals surface area contributed by atoms with Crippen molar-refractivity contribution in [2.24, 2.45) is 0 Å². The van der Waals surface area contributed by atoms with Gasteiger partial charge in [0.2, 0.25) is 0 Å². The van der Waals surface area contributed by atoms with Crippen LogP contribution in [0.5, 0.6) is 0 Å². The molecule has 3 rings (SSSR count). The third-order valence-electron chi connectivity index (χ3n) is 3.78. The van der Waals surface area contributed by atoms with Crippen molar-refractivity contribution in [2.75, 3.05) is 6.54 Å². The van der Waals surface area contributed by atoms with Crippen LogP contribution in [0.2, 0.25) is 0 Å². The molecule has 2 aromatic rings. The smallest absolute Gasteiger partial charge is 0.133 e. The molecule has 0 fully saturated rings. The van der Waals surface area contributed by atoms with Crippen LogP contribution in [0, 0.1) is 17.5 Å². The van der Waals surface area contributed by atoms with Gasteiger partial charge in [0.25, 0.3) is 0 Å². The first-order valence-electron chi connectivity index (χ1n) is 6.56. The van der Waals surface area contributed by atoms with Crippen LogP contribution < -0.4 is 5.32 Å². The summed E-state index contributed by atoms with van der Waals surface area (Å²) in [5.41, 5.74) is 1.55. The molecule has 0 radical (unpaired) electrons. The van der Waals surface area contributed by atoms with Gasteiger partial charge in [-0.2, -0.15) is 0 Å². The molecule has 0 saturated carbocycles. The lowest BCUT2D eigenvalue weighted by Crippen LogP contribution is -2.28. The van der Waals surface area contributed by atoms with Crippen molar-refractivity contribution in [3.8, 4) is 11.1 Å². The van der Waals surface area contributed by atoms with E-state index in [-0.39, 0.29) is 17.3 Å². The number of hydrogen-bond donors (Lipinski definition) is 1. The molecule has 0 bridgehead atoms. The van der Waals surface area contributed by atoms with E-state index < -0.39 is 11.6 Å². The fourth-order valence-corrected chi connectivity index (χ4v) is 2.86. The van der Waals surface area contributed by atoms with Crippen LogP contribution in [0.3, 0.4) is 0 Å². The van der Waals surface area contributed by atoms with E-state index in [1.54, 1.807) is 0 Å². The molecule has 0 spiro atoms. The number of benzene rings is 2. The van der Waals surface area contributed by atoms with E-state index >= 15 is 0 Å². The Labute approximate surface area is 115 Å². The number of hydrogen-bond acceptors (Lipinski definition) is 1. The van der Waals surface area contributed by atoms with E-state index in [0.29, 0.717) is 29.8 Å². The lowest BCUT2D eigenvalue weighted by Gasteiger charge is -2.26. The normalized spacial score (nSPS) is 17.9. The largest absolute Gasteiger partial charge is 0.312 e. The summed E-state index contributed by atoms with van der Waals surface area (Å²) in [6.45, 7) is 2.98. The summed E-state index contributed by atoms with van der Waals surface area (Å²) in [5, 5.41) is 3.16. The van der Waals surface area contributed by atoms with E-state index in [1.165, 1.54) is 30.3 Å². The molecule has 4 heteroatoms. The third kappa shape index (κ3) is 2.00. The summed E-state index contributed by atoms with van der Waals surface area (Å²) in [6, 6.07) is 6.50. The van der Waals surface area contributed by atoms with Gasteiger partial charge in [-0.05, 0) is 40.8 Å². The van der Waals surface area contributed by atoms with Gasteiger partial charge in [0.15, 0.2) is 0 Å². The molecular weight excluding hydrogens is 263 g/mol. The van der Waals surface area contributed by atoms with E-state index in [9.17, 15) is 13.2 Å². The van der Waals surface area contributed by atoms with Gasteiger partial charge in [0.1, 0.15) is 17.5 Å². The van der Waals surface area contributed by atoms with Gasteiger partial charge in [-0.1, -0.05) is 19.1 Å². The monoisotopic (exact) mass is 277 g/mol. The first-order valence-corrected chi connectivity index (χ1v) is 6.56. The Bertz CT molecular complexity index is 647. The number of nitrogens with one attached hydrogen (secondary N) is 1. The van der Waals surface area contributed by atoms with Gasteiger partial charge in [0, 0.05) is 13.1 Å². The van der Waals surface area contributed by atoms with Crippen LogP contribution >= 0.6 is 0 Å². The van der Waals surface area contributed by atoms with E-state index in [1.807, 2.05) is 6.92 Å². The van der Waals surface area contributed by atoms with Crippen molar-refractivity contribution in [2.45, 2.75) is 19.4 Å². The fourth-order valence-electron chi connectivity index (χ4n) is 2.86. The second-order valence-corrected chi connectivity index (χ2v) is 5.12. The van der Waals surface area contributed by atoms with Gasteiger partial charge in [-0.25, -0.2) is 13.2 Å². The molecule has 1 aliphatic heterocycles. The highest BCUT2D eigenvalue weighted by Gasteiger charge is 2.25. The first-order chi connectivity index (χ1) is 9.59. The minimum absolute atomic E-state index is 0.0199. The number of halogens is 3. The zero-order valence-corrected chi connectivity index (χ0v) is 11.0. The third-order valence-corrected chi connectivity index (χ3v) is 3.78. The zero-order valence-electron chi connectivity index (χ0n) is 11.0. The van der Waals surface area contributed by atoms with Crippen LogP contribution in [0.1, 0.15) is 24.0 Å². The van der Waals surface area contributed by atoms with Crippen LogP contribution in [-0.2, 0) is 6.54 Å². The minimum atomic E-state index is -0.628. The Morgan fingerprint density at radius 1 is 1.00 bits per heavy atom. The van der Waals surface area contributed by atoms with Gasteiger partial charge in [-0.3, -0.25) is 0 Å². The van der Waals surface area contributed by atoms with Crippen molar-refractivity contribution in [1.29, 1.82) is 0 Å². The van der Waals surface area contributed by atoms with Crippen molar-refractivity contribution in [3.05, 3.63) is 58.9 Å². The summed E-state index contributed by atoms with van der Waals surface area (Å²) in [6.07, 6.45) is 0. The first kappa shape index (κ1) is 13.2. The van der Waals surface area contributed by atoms with Crippen LogP contribution in [-0.4, -0.2) is 6.54 Å². The Balaban J connectivity index is 2.28. The van der Waals surface area contributed by atoms with Crippen molar-refractivity contribution < 1.29 is 13.2 Å². The van der Waals surface area contributed by atoms with E-state index in [2.05, 4.69) is 5.32 Å². The highest BCUT2D eigenvalue weighted by atomic mass is 19.1. The van der Waals surface area contributed by atoms with Gasteiger partial charge < -0.3 is 5.32 Å². The van der Waals surface area contributed by atoms with Crippen molar-refractivity contribution in [1.82, 2.24) is 5.32 Å². The minimum Gasteiger partial charge on any atom is -0.312 e. The predicted octanol–water partition coefficient (Wildman–Crippen LogP) is 3.98. The molecule has 2 aromatic carbocycles. The highest BCUT2D eigenvalue weighted by Crippen LogP contribution is 2.36. The molecule has 1 atom stereocenters. The molecule has 1 aliphatic rings. The maximum atomic E-state index is 14.0. The predicted molar refractivity (Wildman–Crippen MR) is 71.9 cm³/mol. The van der Waals surface area contributed by atoms with Crippen molar-refractivity contribution >= 4 is 0 Å². The van der Waals surface area contributed by atoms with Crippen LogP contribution in [0.4, 0.5) is 13.2 Å². The molecule has 0 aromatic heterocycles. The molecule has 20 heavy (non-hydrogen) atoms. The highest BCUT2D eigenvalue weighted by molar-refractivity contribution is 5.70. The van der Waals surface area contributed by atoms with Crippen LogP contribution in [0.25, 0.3) is 11.1 Å². The van der Waals surface area contributed by atoms with Gasteiger partial charge in [0.05, 0.1) is 5.56 Å². The molecule has 0 aliphatic carbocycles. The number of fused-ring (bicyclic) bond motifs is 1. The standard InChI is InChI=1S/C16H14F3N/c1-9-7-20-8-11-10(5-6-14(19)15(9)11)16-12(17)3-2-4-13(16)18/h2-6,9,20H,7-8H2,1H3. The fraction of sp³-hybridized carbons (Fsp3) is 0.250. The summed E-state index contributed by atoms with van der Waals surface area (Å²) in [4.78, 5) is 0. The average Bonchev–Trinajstić information content (AvgIpc) is 2.41. The lowest BCUT2D eigenvalue weighted by atomic mass is 9.86. The second kappa shape index (κ2) is 4.94.